The van der Waals surface area contributed by atoms with Crippen LogP contribution in [0.1, 0.15) is 16.1 Å². The topological polar surface area (TPSA) is 111 Å². The summed E-state index contributed by atoms with van der Waals surface area (Å²) in [7, 11) is 0. The highest BCUT2D eigenvalue weighted by Crippen LogP contribution is 2.24. The lowest BCUT2D eigenvalue weighted by atomic mass is 10.1. The Hall–Kier alpha value is -4.13. The minimum absolute atomic E-state index is 0.222. The maximum Gasteiger partial charge on any atom is 0.289 e. The first-order valence-corrected chi connectivity index (χ1v) is 8.50. The molecule has 0 unspecified atom stereocenters. The molecular formula is C21H16N4O3. The molecule has 7 heteroatoms. The highest BCUT2D eigenvalue weighted by Gasteiger charge is 2.11. The molecule has 4 N–H and O–H groups in total. The Balaban J connectivity index is 1.47. The highest BCUT2D eigenvalue weighted by atomic mass is 16.3. The van der Waals surface area contributed by atoms with Gasteiger partial charge >= 0.3 is 0 Å². The number of aromatic amines is 1. The number of H-pyrrole nitrogens is 1. The minimum atomic E-state index is -0.446. The van der Waals surface area contributed by atoms with E-state index in [9.17, 15) is 15.0 Å². The van der Waals surface area contributed by atoms with E-state index in [4.69, 9.17) is 0 Å². The predicted molar refractivity (Wildman–Crippen MR) is 106 cm³/mol. The molecule has 0 saturated carbocycles. The van der Waals surface area contributed by atoms with Crippen LogP contribution >= 0.6 is 0 Å². The second-order valence-electron chi connectivity index (χ2n) is 6.18. The molecule has 0 radical (unpaired) electrons. The van der Waals surface area contributed by atoms with Crippen LogP contribution in [0.5, 0.6) is 11.5 Å². The van der Waals surface area contributed by atoms with E-state index in [-0.39, 0.29) is 17.2 Å². The summed E-state index contributed by atoms with van der Waals surface area (Å²) in [4.78, 5) is 12.2. The highest BCUT2D eigenvalue weighted by molar-refractivity contribution is 5.94. The maximum atomic E-state index is 12.2. The zero-order chi connectivity index (χ0) is 19.5. The van der Waals surface area contributed by atoms with Crippen molar-refractivity contribution in [3.05, 3.63) is 78.0 Å². The third kappa shape index (κ3) is 3.54. The van der Waals surface area contributed by atoms with Gasteiger partial charge in [0.1, 0.15) is 5.69 Å². The number of phenols is 2. The smallest absolute Gasteiger partial charge is 0.289 e. The average molecular weight is 372 g/mol. The van der Waals surface area contributed by atoms with Gasteiger partial charge in [0.05, 0.1) is 11.9 Å². The lowest BCUT2D eigenvalue weighted by Gasteiger charge is -2.00. The van der Waals surface area contributed by atoms with Crippen molar-refractivity contribution in [2.24, 2.45) is 5.10 Å². The quantitative estimate of drug-likeness (QED) is 0.250. The van der Waals surface area contributed by atoms with E-state index in [1.165, 1.54) is 18.3 Å². The number of hydrogen-bond donors (Lipinski definition) is 4. The van der Waals surface area contributed by atoms with E-state index >= 15 is 0 Å². The standard InChI is InChI=1S/C21H16N4O3/c26-19-8-5-13(9-20(19)27)12-22-25-21(28)18-11-17(23-24-18)16-7-6-14-3-1-2-4-15(14)10-16/h1-12,26-27H,(H,23,24)(H,25,28)/b22-12-. The summed E-state index contributed by atoms with van der Waals surface area (Å²) in [6.07, 6.45) is 1.36. The summed E-state index contributed by atoms with van der Waals surface area (Å²) in [6.45, 7) is 0. The molecule has 0 aliphatic carbocycles. The first kappa shape index (κ1) is 17.3. The van der Waals surface area contributed by atoms with Gasteiger partial charge in [0, 0.05) is 5.56 Å². The van der Waals surface area contributed by atoms with Crippen LogP contribution in [0.2, 0.25) is 0 Å². The van der Waals surface area contributed by atoms with Crippen LogP contribution < -0.4 is 5.43 Å². The molecule has 4 aromatic rings. The SMILES string of the molecule is O=C(N/N=C\c1ccc(O)c(O)c1)c1cc(-c2ccc3ccccc3c2)n[nH]1. The number of amides is 1. The van der Waals surface area contributed by atoms with Crippen molar-refractivity contribution in [1.29, 1.82) is 0 Å². The molecule has 1 amide bonds. The Kier molecular flexibility index (Phi) is 4.47. The van der Waals surface area contributed by atoms with Crippen molar-refractivity contribution in [3.8, 4) is 22.8 Å². The third-order valence-electron chi connectivity index (χ3n) is 4.25. The Morgan fingerprint density at radius 1 is 0.964 bits per heavy atom. The largest absolute Gasteiger partial charge is 0.504 e. The molecule has 0 saturated heterocycles. The van der Waals surface area contributed by atoms with Crippen LogP contribution in [0.3, 0.4) is 0 Å². The van der Waals surface area contributed by atoms with Crippen molar-refractivity contribution in [2.75, 3.05) is 0 Å². The fourth-order valence-corrected chi connectivity index (χ4v) is 2.78. The van der Waals surface area contributed by atoms with E-state index in [1.54, 1.807) is 12.1 Å². The number of aromatic hydroxyl groups is 2. The van der Waals surface area contributed by atoms with Gasteiger partial charge < -0.3 is 10.2 Å². The van der Waals surface area contributed by atoms with E-state index in [1.807, 2.05) is 42.5 Å². The molecule has 0 aliphatic heterocycles. The molecule has 1 heterocycles. The maximum absolute atomic E-state index is 12.2. The number of phenolic OH excluding ortho intramolecular Hbond substituents is 2. The summed E-state index contributed by atoms with van der Waals surface area (Å²) >= 11 is 0. The molecule has 0 bridgehead atoms. The van der Waals surface area contributed by atoms with Crippen LogP contribution in [0.25, 0.3) is 22.0 Å². The fraction of sp³-hybridized carbons (Fsp3) is 0. The second kappa shape index (κ2) is 7.24. The van der Waals surface area contributed by atoms with Crippen LogP contribution in [0.4, 0.5) is 0 Å². The van der Waals surface area contributed by atoms with Gasteiger partial charge in [0.25, 0.3) is 5.91 Å². The number of benzene rings is 3. The Labute approximate surface area is 160 Å². The van der Waals surface area contributed by atoms with Crippen LogP contribution in [-0.2, 0) is 0 Å². The number of hydrogen-bond acceptors (Lipinski definition) is 5. The average Bonchev–Trinajstić information content (AvgIpc) is 3.20. The van der Waals surface area contributed by atoms with Crippen molar-refractivity contribution in [3.63, 3.8) is 0 Å². The molecule has 138 valence electrons. The van der Waals surface area contributed by atoms with Crippen LogP contribution in [0, 0.1) is 0 Å². The number of carbonyl (C=O) groups is 1. The Morgan fingerprint density at radius 2 is 1.79 bits per heavy atom. The van der Waals surface area contributed by atoms with E-state index in [0.717, 1.165) is 16.3 Å². The zero-order valence-corrected chi connectivity index (χ0v) is 14.6. The van der Waals surface area contributed by atoms with Crippen molar-refractivity contribution in [1.82, 2.24) is 15.6 Å². The van der Waals surface area contributed by atoms with Crippen LogP contribution in [-0.4, -0.2) is 32.5 Å². The van der Waals surface area contributed by atoms with E-state index in [2.05, 4.69) is 20.7 Å². The molecule has 7 nitrogen and oxygen atoms in total. The summed E-state index contributed by atoms with van der Waals surface area (Å²) in [5.74, 6) is -0.928. The summed E-state index contributed by atoms with van der Waals surface area (Å²) in [5.41, 5.74) is 4.74. The second-order valence-corrected chi connectivity index (χ2v) is 6.18. The van der Waals surface area contributed by atoms with Gasteiger partial charge in [-0.05, 0) is 46.7 Å². The lowest BCUT2D eigenvalue weighted by Crippen LogP contribution is -2.17. The number of nitrogens with one attached hydrogen (secondary N) is 2. The van der Waals surface area contributed by atoms with Gasteiger partial charge in [-0.2, -0.15) is 10.2 Å². The summed E-state index contributed by atoms with van der Waals surface area (Å²) < 4.78 is 0. The normalized spacial score (nSPS) is 11.1. The molecule has 0 aliphatic rings. The predicted octanol–water partition coefficient (Wildman–Crippen LogP) is 3.41. The number of rotatable bonds is 4. The fourth-order valence-electron chi connectivity index (χ4n) is 2.78. The van der Waals surface area contributed by atoms with Gasteiger partial charge in [0.2, 0.25) is 0 Å². The first-order valence-electron chi connectivity index (χ1n) is 8.50. The van der Waals surface area contributed by atoms with Crippen LogP contribution in [0.15, 0.2) is 71.8 Å². The number of hydrazone groups is 1. The molecule has 0 spiro atoms. The van der Waals surface area contributed by atoms with Crippen molar-refractivity contribution in [2.45, 2.75) is 0 Å². The van der Waals surface area contributed by atoms with E-state index < -0.39 is 5.91 Å². The summed E-state index contributed by atoms with van der Waals surface area (Å²) in [6, 6.07) is 19.9. The number of fused-ring (bicyclic) bond motifs is 1. The van der Waals surface area contributed by atoms with Gasteiger partial charge in [-0.25, -0.2) is 5.43 Å². The number of carbonyl (C=O) groups excluding carboxylic acids is 1. The molecule has 0 atom stereocenters. The number of aromatic nitrogens is 2. The molecular weight excluding hydrogens is 356 g/mol. The van der Waals surface area contributed by atoms with Crippen molar-refractivity contribution >= 4 is 22.9 Å². The van der Waals surface area contributed by atoms with Gasteiger partial charge in [0.15, 0.2) is 11.5 Å². The number of nitrogens with zero attached hydrogens (tertiary/aromatic N) is 2. The molecule has 0 fully saturated rings. The third-order valence-corrected chi connectivity index (χ3v) is 4.25. The Morgan fingerprint density at radius 3 is 2.61 bits per heavy atom. The molecule has 28 heavy (non-hydrogen) atoms. The molecule has 1 aromatic heterocycles. The monoisotopic (exact) mass is 372 g/mol. The lowest BCUT2D eigenvalue weighted by molar-refractivity contribution is 0.0950. The van der Waals surface area contributed by atoms with Gasteiger partial charge in [-0.15, -0.1) is 0 Å². The molecule has 4 rings (SSSR count). The first-order chi connectivity index (χ1) is 13.6. The molecule has 3 aromatic carbocycles. The van der Waals surface area contributed by atoms with Gasteiger partial charge in [-0.3, -0.25) is 9.89 Å². The Bertz CT molecular complexity index is 1200. The minimum Gasteiger partial charge on any atom is -0.504 e. The summed E-state index contributed by atoms with van der Waals surface area (Å²) in [5, 5.41) is 31.7. The zero-order valence-electron chi connectivity index (χ0n) is 14.6. The van der Waals surface area contributed by atoms with Crippen molar-refractivity contribution < 1.29 is 15.0 Å². The van der Waals surface area contributed by atoms with E-state index in [0.29, 0.717) is 11.3 Å². The van der Waals surface area contributed by atoms with Gasteiger partial charge in [-0.1, -0.05) is 36.4 Å².